The van der Waals surface area contributed by atoms with Crippen LogP contribution in [0.25, 0.3) is 0 Å². The summed E-state index contributed by atoms with van der Waals surface area (Å²) in [6.45, 7) is 19.0. The summed E-state index contributed by atoms with van der Waals surface area (Å²) in [6.07, 6.45) is -9.27. The van der Waals surface area contributed by atoms with Crippen LogP contribution in [0.4, 0.5) is 9.59 Å². The molecule has 2 amide bonds. The van der Waals surface area contributed by atoms with E-state index in [9.17, 15) is 29.4 Å². The molecule has 1 aromatic rings. The summed E-state index contributed by atoms with van der Waals surface area (Å²) in [5.41, 5.74) is -3.23. The molecule has 4 aliphatic rings. The van der Waals surface area contributed by atoms with E-state index in [0.717, 1.165) is 11.3 Å². The fourth-order valence-corrected chi connectivity index (χ4v) is 11.2. The van der Waals surface area contributed by atoms with E-state index in [4.69, 9.17) is 47.4 Å². The number of carbonyl (C=O) groups is 4. The van der Waals surface area contributed by atoms with Gasteiger partial charge in [0.2, 0.25) is 5.91 Å². The number of aliphatic hydroxyl groups excluding tert-OH is 1. The van der Waals surface area contributed by atoms with Crippen molar-refractivity contribution < 1.29 is 76.8 Å². The average Bonchev–Trinajstić information content (AvgIpc) is 3.64. The summed E-state index contributed by atoms with van der Waals surface area (Å²) < 4.78 is 61.8. The summed E-state index contributed by atoms with van der Waals surface area (Å²) in [6, 6.07) is 6.68. The highest BCUT2D eigenvalue weighted by Crippen LogP contribution is 2.42. The van der Waals surface area contributed by atoms with E-state index >= 15 is 0 Å². The first-order valence-electron chi connectivity index (χ1n) is 25.7. The Morgan fingerprint density at radius 2 is 1.61 bits per heavy atom. The number of aliphatic hydroxyl groups is 2. The maximum absolute atomic E-state index is 14.8. The second-order valence-corrected chi connectivity index (χ2v) is 21.6. The molecule has 20 heteroatoms. The molecular weight excluding hydrogens is 937 g/mol. The molecule has 410 valence electrons. The van der Waals surface area contributed by atoms with E-state index in [1.807, 2.05) is 89.8 Å². The predicted octanol–water partition coefficient (Wildman–Crippen LogP) is 4.92. The van der Waals surface area contributed by atoms with Crippen molar-refractivity contribution >= 4 is 24.1 Å². The van der Waals surface area contributed by atoms with E-state index < -0.39 is 108 Å². The Balaban J connectivity index is 1.39. The quantitative estimate of drug-likeness (QED) is 0.104. The molecule has 20 nitrogen and oxygen atoms in total. The maximum Gasteiger partial charge on any atom is 0.509 e. The molecular formula is C52H86N4O16. The second-order valence-electron chi connectivity index (χ2n) is 21.6. The minimum atomic E-state index is -1.62. The Morgan fingerprint density at radius 3 is 2.24 bits per heavy atom. The highest BCUT2D eigenvalue weighted by Gasteiger charge is 2.58. The number of methoxy groups -OCH3 is 2. The Hall–Kier alpha value is -3.86. The van der Waals surface area contributed by atoms with Crippen molar-refractivity contribution in [2.75, 3.05) is 48.5 Å². The number of ether oxygens (including phenoxy) is 10. The summed E-state index contributed by atoms with van der Waals surface area (Å²) in [4.78, 5) is 57.4. The van der Waals surface area contributed by atoms with Crippen molar-refractivity contribution in [1.29, 1.82) is 0 Å². The molecule has 1 aromatic carbocycles. The number of rotatable bonds is 15. The normalized spacial score (nSPS) is 39.3. The fourth-order valence-electron chi connectivity index (χ4n) is 11.2. The molecule has 4 heterocycles. The van der Waals surface area contributed by atoms with Gasteiger partial charge in [0, 0.05) is 57.6 Å². The highest BCUT2D eigenvalue weighted by atomic mass is 16.8. The van der Waals surface area contributed by atoms with Crippen LogP contribution in [0, 0.1) is 17.8 Å². The fraction of sp³-hybridized carbons (Fsp3) is 0.808. The second kappa shape index (κ2) is 25.1. The lowest BCUT2D eigenvalue weighted by Gasteiger charge is -2.49. The lowest BCUT2D eigenvalue weighted by atomic mass is 9.77. The number of alkyl carbamates (subject to hydrolysis) is 1. The van der Waals surface area contributed by atoms with Gasteiger partial charge >= 0.3 is 18.2 Å². The topological polar surface area (TPSA) is 232 Å². The molecule has 0 bridgehead atoms. The Bertz CT molecular complexity index is 1940. The Kier molecular flexibility index (Phi) is 20.6. The van der Waals surface area contributed by atoms with Gasteiger partial charge in [-0.25, -0.2) is 9.59 Å². The van der Waals surface area contributed by atoms with E-state index in [-0.39, 0.29) is 56.2 Å². The molecule has 0 unspecified atom stereocenters. The first kappa shape index (κ1) is 59.0. The van der Waals surface area contributed by atoms with Gasteiger partial charge in [-0.2, -0.15) is 0 Å². The largest absolute Gasteiger partial charge is 0.509 e. The van der Waals surface area contributed by atoms with Gasteiger partial charge < -0.3 is 73.1 Å². The van der Waals surface area contributed by atoms with Crippen LogP contribution < -0.4 is 15.4 Å². The van der Waals surface area contributed by atoms with Crippen molar-refractivity contribution in [3.63, 3.8) is 0 Å². The lowest BCUT2D eigenvalue weighted by Crippen LogP contribution is -2.61. The zero-order valence-electron chi connectivity index (χ0n) is 45.3. The maximum atomic E-state index is 14.8. The van der Waals surface area contributed by atoms with Crippen molar-refractivity contribution in [2.24, 2.45) is 17.8 Å². The Labute approximate surface area is 426 Å². The van der Waals surface area contributed by atoms with Crippen LogP contribution in [-0.4, -0.2) is 183 Å². The number of esters is 1. The monoisotopic (exact) mass is 1020 g/mol. The molecule has 5 rings (SSSR count). The molecule has 18 atom stereocenters. The number of amides is 2. The molecule has 72 heavy (non-hydrogen) atoms. The van der Waals surface area contributed by atoms with E-state index in [1.165, 1.54) is 7.11 Å². The van der Waals surface area contributed by atoms with Crippen LogP contribution in [0.2, 0.25) is 0 Å². The number of hydrogen-bond acceptors (Lipinski definition) is 18. The highest BCUT2D eigenvalue weighted by molar-refractivity contribution is 5.76. The van der Waals surface area contributed by atoms with Crippen LogP contribution >= 0.6 is 0 Å². The predicted molar refractivity (Wildman–Crippen MR) is 264 cm³/mol. The van der Waals surface area contributed by atoms with Gasteiger partial charge in [0.1, 0.15) is 23.6 Å². The number of carbonyl (C=O) groups excluding carboxylic acids is 4. The van der Waals surface area contributed by atoms with E-state index in [1.54, 1.807) is 41.7 Å². The Morgan fingerprint density at radius 1 is 0.931 bits per heavy atom. The van der Waals surface area contributed by atoms with Crippen LogP contribution in [0.15, 0.2) is 24.3 Å². The number of likely N-dealkylation sites (N-methyl/N-ethyl adjacent to an activating group) is 2. The molecule has 4 aliphatic heterocycles. The zero-order chi connectivity index (χ0) is 53.5. The standard InChI is InChI=1S/C52H86N4O16/c1-16-38-52(10)44(71-49(61)72-52)33(6)56(13)28-29(2)25-50(8,62)43(69-47-41(58)37(55(11)12)24-30(3)65-47)31(4)42(32(5)46(59)67-38)68-40-26-51(9,64-15)45(34(7)66-40)70-48(60)53-23-17-18-39(57)54-27-35-19-21-36(63-14)22-20-35/h19-22,29-34,37-38,40-45,47,58,62H,16-18,23-28H2,1-15H3,(H,53,60)(H,54,57)/t29-,30-,31+,32-,33-,34+,37+,38-,40+,41-,42-,43-,44-,45+,47+,50+,51-,52-/m1/s1. The van der Waals surface area contributed by atoms with Gasteiger partial charge in [0.05, 0.1) is 43.0 Å². The number of hydrogen-bond donors (Lipinski definition) is 4. The van der Waals surface area contributed by atoms with E-state index in [2.05, 4.69) is 10.6 Å². The lowest BCUT2D eigenvalue weighted by molar-refractivity contribution is -0.317. The molecule has 0 aromatic heterocycles. The van der Waals surface area contributed by atoms with Crippen molar-refractivity contribution in [3.05, 3.63) is 29.8 Å². The van der Waals surface area contributed by atoms with Gasteiger partial charge in [-0.15, -0.1) is 0 Å². The van der Waals surface area contributed by atoms with Crippen LogP contribution in [0.1, 0.15) is 113 Å². The molecule has 4 saturated heterocycles. The molecule has 0 spiro atoms. The zero-order valence-corrected chi connectivity index (χ0v) is 45.3. The third-order valence-corrected chi connectivity index (χ3v) is 15.4. The smallest absolute Gasteiger partial charge is 0.497 e. The number of fused-ring (bicyclic) bond motifs is 1. The molecule has 0 saturated carbocycles. The van der Waals surface area contributed by atoms with Crippen LogP contribution in [-0.2, 0) is 58.8 Å². The SMILES string of the molecule is CC[C@H]1OC(=O)[C@H](C)[C@H](O[C@H]2C[C@@](C)(OC)[C@@H](OC(=O)NCCCC(=O)NCc3ccc(OC)cc3)[C@H](C)O2)[C@H](C)[C@@H](O[C@@H]2O[C@H](C)C[C@H](N(C)C)[C@H]2O)[C@@](C)(O)C[C@@H](C)CN(C)[C@H](C)[C@H]2OC(=O)O[C@@]21C. The summed E-state index contributed by atoms with van der Waals surface area (Å²) in [7, 11) is 8.75. The van der Waals surface area contributed by atoms with Crippen molar-refractivity contribution in [3.8, 4) is 5.75 Å². The first-order chi connectivity index (χ1) is 33.8. The van der Waals surface area contributed by atoms with Gasteiger partial charge in [0.25, 0.3) is 0 Å². The third kappa shape index (κ3) is 14.3. The van der Waals surface area contributed by atoms with Gasteiger partial charge in [-0.3, -0.25) is 14.5 Å². The summed E-state index contributed by atoms with van der Waals surface area (Å²) in [5, 5.41) is 30.2. The van der Waals surface area contributed by atoms with Gasteiger partial charge in [-0.05, 0) is 119 Å². The van der Waals surface area contributed by atoms with Crippen molar-refractivity contribution in [1.82, 2.24) is 20.4 Å². The van der Waals surface area contributed by atoms with Crippen LogP contribution in [0.5, 0.6) is 5.75 Å². The summed E-state index contributed by atoms with van der Waals surface area (Å²) >= 11 is 0. The minimum absolute atomic E-state index is 0.0332. The first-order valence-corrected chi connectivity index (χ1v) is 25.7. The van der Waals surface area contributed by atoms with Gasteiger partial charge in [0.15, 0.2) is 30.4 Å². The number of cyclic esters (lactones) is 1. The molecule has 0 radical (unpaired) electrons. The van der Waals surface area contributed by atoms with Crippen molar-refractivity contribution in [2.45, 2.75) is 205 Å². The summed E-state index contributed by atoms with van der Waals surface area (Å²) in [5.74, 6) is -2.18. The number of benzene rings is 1. The van der Waals surface area contributed by atoms with E-state index in [0.29, 0.717) is 25.9 Å². The van der Waals surface area contributed by atoms with Crippen LogP contribution in [0.3, 0.4) is 0 Å². The number of nitrogens with one attached hydrogen (secondary N) is 2. The van der Waals surface area contributed by atoms with Gasteiger partial charge in [-0.1, -0.05) is 32.9 Å². The average molecular weight is 1020 g/mol. The molecule has 0 aliphatic carbocycles. The number of nitrogens with zero attached hydrogens (tertiary/aromatic N) is 2. The minimum Gasteiger partial charge on any atom is -0.497 e. The molecule has 4 N–H and O–H groups in total. The third-order valence-electron chi connectivity index (χ3n) is 15.4. The molecule has 4 fully saturated rings.